The molecular weight excluding hydrogens is 602 g/mol. The maximum atomic E-state index is 2.39. The van der Waals surface area contributed by atoms with Crippen LogP contribution >= 0.6 is 0 Å². The van der Waals surface area contributed by atoms with Crippen LogP contribution in [0.1, 0.15) is 0 Å². The monoisotopic (exact) mass is 644 g/mol. The van der Waals surface area contributed by atoms with E-state index in [2.05, 4.69) is 173 Å². The van der Waals surface area contributed by atoms with E-state index in [1.54, 1.807) is 0 Å². The molecule has 6 heteroatoms. The van der Waals surface area contributed by atoms with Crippen molar-refractivity contribution in [2.75, 3.05) is 76.0 Å². The number of hydrogen-bond donors (Lipinski definition) is 0. The summed E-state index contributed by atoms with van der Waals surface area (Å²) in [7, 11) is 16.9. The minimum atomic E-state index is -1.60. The summed E-state index contributed by atoms with van der Waals surface area (Å²) in [5.74, 6) is 0. The van der Waals surface area contributed by atoms with Gasteiger partial charge in [0.25, 0.3) is 0 Å². The molecule has 4 aromatic rings. The molecule has 0 aliphatic heterocycles. The number of anilines is 4. The number of benzene rings is 4. The van der Waals surface area contributed by atoms with Gasteiger partial charge < -0.3 is 0 Å². The molecule has 4 rings (SSSR count). The zero-order valence-electron chi connectivity index (χ0n) is 24.6. The first-order valence-electron chi connectivity index (χ1n) is 13.3. The summed E-state index contributed by atoms with van der Waals surface area (Å²) < 4.78 is 7.38. The molecule has 0 aromatic heterocycles. The van der Waals surface area contributed by atoms with Gasteiger partial charge in [0.15, 0.2) is 0 Å². The Morgan fingerprint density at radius 2 is 0.513 bits per heavy atom. The first-order chi connectivity index (χ1) is 18.6. The Morgan fingerprint density at radius 3 is 0.667 bits per heavy atom. The van der Waals surface area contributed by atoms with E-state index in [0.29, 0.717) is 0 Å². The second-order valence-electron chi connectivity index (χ2n) is 10.6. The normalized spacial score (nSPS) is 11.1. The van der Waals surface area contributed by atoms with Crippen LogP contribution in [-0.4, -0.2) is 85.7 Å². The Hall–Kier alpha value is -2.80. The summed E-state index contributed by atoms with van der Waals surface area (Å²) in [6.45, 7) is 0. The van der Waals surface area contributed by atoms with Crippen molar-refractivity contribution in [3.63, 3.8) is 0 Å². The van der Waals surface area contributed by atoms with Crippen molar-refractivity contribution in [1.82, 2.24) is 0 Å². The van der Waals surface area contributed by atoms with E-state index in [1.165, 1.54) is 44.2 Å². The third-order valence-electron chi connectivity index (χ3n) is 6.99. The Labute approximate surface area is 245 Å². The first kappa shape index (κ1) is 29.2. The number of nitrogens with zero attached hydrogens (tertiary/aromatic N) is 4. The summed E-state index contributed by atoms with van der Waals surface area (Å²) in [5.41, 5.74) is 5.01. The number of rotatable bonds is 10. The van der Waals surface area contributed by atoms with Crippen molar-refractivity contribution in [3.8, 4) is 0 Å². The van der Waals surface area contributed by atoms with E-state index in [1.807, 2.05) is 0 Å². The van der Waals surface area contributed by atoms with Crippen LogP contribution in [0.4, 0.5) is 22.7 Å². The van der Waals surface area contributed by atoms with Gasteiger partial charge in [-0.05, 0) is 0 Å². The third kappa shape index (κ3) is 7.24. The van der Waals surface area contributed by atoms with Crippen molar-refractivity contribution in [2.24, 2.45) is 0 Å². The molecule has 0 saturated carbocycles. The first-order valence-corrected chi connectivity index (χ1v) is 19.7. The standard InChI is InChI=1S/C33H42As2N4/c1-36(2)30-17-9-26(10-18-30)34(27-11-19-31(20-12-27)37(3)4)25-35(28-13-21-32(22-14-28)38(5)6)29-15-23-33(24-16-29)39(7)8/h9-24H,25H2,1-8H3. The van der Waals surface area contributed by atoms with Gasteiger partial charge in [0.2, 0.25) is 0 Å². The summed E-state index contributed by atoms with van der Waals surface area (Å²) in [5, 5.41) is 0. The fourth-order valence-corrected chi connectivity index (χ4v) is 22.2. The van der Waals surface area contributed by atoms with Crippen molar-refractivity contribution >= 4 is 69.5 Å². The summed E-state index contributed by atoms with van der Waals surface area (Å²) in [4.78, 5) is 8.74. The van der Waals surface area contributed by atoms with Crippen LogP contribution in [0.2, 0.25) is 4.00 Å². The van der Waals surface area contributed by atoms with Gasteiger partial charge in [0.05, 0.1) is 0 Å². The Kier molecular flexibility index (Phi) is 9.75. The van der Waals surface area contributed by atoms with Gasteiger partial charge >= 0.3 is 246 Å². The average Bonchev–Trinajstić information content (AvgIpc) is 2.94. The summed E-state index contributed by atoms with van der Waals surface area (Å²) in [6.07, 6.45) is 0. The third-order valence-corrected chi connectivity index (χ3v) is 22.1. The van der Waals surface area contributed by atoms with Crippen LogP contribution in [0.25, 0.3) is 0 Å². The van der Waals surface area contributed by atoms with E-state index in [0.717, 1.165) is 0 Å². The predicted molar refractivity (Wildman–Crippen MR) is 178 cm³/mol. The van der Waals surface area contributed by atoms with Crippen molar-refractivity contribution in [1.29, 1.82) is 0 Å². The van der Waals surface area contributed by atoms with Crippen molar-refractivity contribution in [2.45, 2.75) is 4.00 Å². The molecule has 0 N–H and O–H groups in total. The van der Waals surface area contributed by atoms with Crippen LogP contribution < -0.4 is 37.0 Å². The molecule has 0 bridgehead atoms. The average molecular weight is 645 g/mol. The van der Waals surface area contributed by atoms with E-state index < -0.39 is 29.3 Å². The van der Waals surface area contributed by atoms with Crippen LogP contribution in [0, 0.1) is 0 Å². The van der Waals surface area contributed by atoms with Crippen LogP contribution in [0.5, 0.6) is 0 Å². The van der Waals surface area contributed by atoms with Crippen molar-refractivity contribution < 1.29 is 0 Å². The van der Waals surface area contributed by atoms with Gasteiger partial charge in [0, 0.05) is 0 Å². The predicted octanol–water partition coefficient (Wildman–Crippen LogP) is 3.41. The Balaban J connectivity index is 1.79. The molecule has 0 aliphatic carbocycles. The molecule has 0 saturated heterocycles. The van der Waals surface area contributed by atoms with E-state index in [-0.39, 0.29) is 0 Å². The fraction of sp³-hybridized carbons (Fsp3) is 0.273. The quantitative estimate of drug-likeness (QED) is 0.246. The van der Waals surface area contributed by atoms with Gasteiger partial charge in [-0.25, -0.2) is 0 Å². The fourth-order valence-electron chi connectivity index (χ4n) is 4.49. The van der Waals surface area contributed by atoms with E-state index >= 15 is 0 Å². The topological polar surface area (TPSA) is 13.0 Å². The molecule has 0 radical (unpaired) electrons. The maximum absolute atomic E-state index is 2.39. The molecule has 0 amide bonds. The molecular formula is C33H42As2N4. The molecule has 0 heterocycles. The van der Waals surface area contributed by atoms with Crippen molar-refractivity contribution in [3.05, 3.63) is 97.1 Å². The van der Waals surface area contributed by atoms with Gasteiger partial charge in [-0.1, -0.05) is 0 Å². The molecule has 39 heavy (non-hydrogen) atoms. The van der Waals surface area contributed by atoms with Gasteiger partial charge in [-0.3, -0.25) is 0 Å². The second kappa shape index (κ2) is 13.0. The van der Waals surface area contributed by atoms with Crippen LogP contribution in [0.15, 0.2) is 97.1 Å². The summed E-state index contributed by atoms with van der Waals surface area (Å²) in [6, 6.07) is 37.5. The van der Waals surface area contributed by atoms with Crippen LogP contribution in [-0.2, 0) is 0 Å². The molecule has 0 atom stereocenters. The van der Waals surface area contributed by atoms with Gasteiger partial charge in [0.1, 0.15) is 0 Å². The molecule has 0 fully saturated rings. The Bertz CT molecular complexity index is 1110. The molecule has 204 valence electrons. The van der Waals surface area contributed by atoms with Gasteiger partial charge in [-0.15, -0.1) is 0 Å². The second-order valence-corrected chi connectivity index (χ2v) is 22.2. The Morgan fingerprint density at radius 1 is 0.333 bits per heavy atom. The molecule has 4 aromatic carbocycles. The number of hydrogen-bond acceptors (Lipinski definition) is 4. The van der Waals surface area contributed by atoms with Crippen LogP contribution in [0.3, 0.4) is 0 Å². The van der Waals surface area contributed by atoms with E-state index in [9.17, 15) is 0 Å². The van der Waals surface area contributed by atoms with E-state index in [4.69, 9.17) is 0 Å². The molecule has 4 nitrogen and oxygen atoms in total. The minimum absolute atomic E-state index is 1.25. The SMILES string of the molecule is CN(C)c1ccc([As](C[As](c2ccc(N(C)C)cc2)c2ccc(N(C)C)cc2)c2ccc(N(C)C)cc2)cc1. The summed E-state index contributed by atoms with van der Waals surface area (Å²) >= 11 is -3.20. The zero-order valence-corrected chi connectivity index (χ0v) is 28.4. The molecule has 0 unspecified atom stereocenters. The van der Waals surface area contributed by atoms with Gasteiger partial charge in [-0.2, -0.15) is 0 Å². The molecule has 0 aliphatic rings. The molecule has 0 spiro atoms. The zero-order chi connectivity index (χ0) is 28.1.